The highest BCUT2D eigenvalue weighted by Crippen LogP contribution is 2.21. The van der Waals surface area contributed by atoms with Crippen molar-refractivity contribution in [1.29, 1.82) is 0 Å². The lowest BCUT2D eigenvalue weighted by Crippen LogP contribution is -2.11. The molecule has 146 valence electrons. The Kier molecular flexibility index (Phi) is 4.82. The van der Waals surface area contributed by atoms with Gasteiger partial charge in [0.05, 0.1) is 23.6 Å². The second-order valence-electron chi connectivity index (χ2n) is 6.58. The third kappa shape index (κ3) is 3.86. The van der Waals surface area contributed by atoms with Crippen molar-refractivity contribution < 1.29 is 14.3 Å². The molecule has 4 rings (SSSR count). The molecular weight excluding hydrogens is 372 g/mol. The van der Waals surface area contributed by atoms with Gasteiger partial charge in [-0.25, -0.2) is 9.48 Å². The van der Waals surface area contributed by atoms with Crippen LogP contribution < -0.4 is 10.3 Å². The average Bonchev–Trinajstić information content (AvgIpc) is 3.13. The average molecular weight is 390 g/mol. The lowest BCUT2D eigenvalue weighted by molar-refractivity contribution is 0.0378. The lowest BCUT2D eigenvalue weighted by atomic mass is 10.2. The van der Waals surface area contributed by atoms with Gasteiger partial charge in [0.1, 0.15) is 11.1 Å². The number of fused-ring (bicyclic) bond motifs is 1. The summed E-state index contributed by atoms with van der Waals surface area (Å²) in [5.41, 5.74) is 1.21. The molecule has 0 aliphatic rings. The van der Waals surface area contributed by atoms with Gasteiger partial charge in [-0.15, -0.1) is 0 Å². The number of nitrogens with zero attached hydrogens (tertiary/aromatic N) is 3. The summed E-state index contributed by atoms with van der Waals surface area (Å²) in [6, 6.07) is 15.8. The maximum atomic E-state index is 12.4. The van der Waals surface area contributed by atoms with Gasteiger partial charge in [0.25, 0.3) is 5.56 Å². The molecule has 2 aromatic heterocycles. The van der Waals surface area contributed by atoms with E-state index in [9.17, 15) is 9.59 Å². The monoisotopic (exact) mass is 390 g/mol. The van der Waals surface area contributed by atoms with Crippen molar-refractivity contribution in [3.05, 3.63) is 76.7 Å². The highest BCUT2D eigenvalue weighted by molar-refractivity contribution is 5.89. The molecule has 0 radical (unpaired) electrons. The van der Waals surface area contributed by atoms with Crippen molar-refractivity contribution in [3.63, 3.8) is 0 Å². The third-order valence-corrected chi connectivity index (χ3v) is 4.06. The number of nitrogens with one attached hydrogen (secondary N) is 1. The molecule has 0 bridgehead atoms. The number of ether oxygens (including phenoxy) is 2. The Morgan fingerprint density at radius 3 is 2.48 bits per heavy atom. The number of hydrogen-bond acceptors (Lipinski definition) is 6. The molecule has 2 aromatic carbocycles. The van der Waals surface area contributed by atoms with E-state index in [4.69, 9.17) is 9.47 Å². The fourth-order valence-electron chi connectivity index (χ4n) is 2.76. The van der Waals surface area contributed by atoms with Crippen LogP contribution >= 0.6 is 0 Å². The van der Waals surface area contributed by atoms with E-state index in [1.807, 2.05) is 30.3 Å². The van der Waals surface area contributed by atoms with Crippen molar-refractivity contribution in [1.82, 2.24) is 19.7 Å². The molecule has 2 heterocycles. The summed E-state index contributed by atoms with van der Waals surface area (Å²) < 4.78 is 12.4. The summed E-state index contributed by atoms with van der Waals surface area (Å²) in [5.74, 6) is 0.00522. The molecule has 0 aliphatic heterocycles. The second-order valence-corrected chi connectivity index (χ2v) is 6.58. The largest absolute Gasteiger partial charge is 0.459 e. The Hall–Kier alpha value is -3.94. The summed E-state index contributed by atoms with van der Waals surface area (Å²) in [6.45, 7) is 3.57. The normalized spacial score (nSPS) is 11.0. The van der Waals surface area contributed by atoms with Crippen LogP contribution in [0.25, 0.3) is 16.7 Å². The first-order chi connectivity index (χ1) is 14.0. The highest BCUT2D eigenvalue weighted by Gasteiger charge is 2.13. The van der Waals surface area contributed by atoms with Gasteiger partial charge in [-0.1, -0.05) is 18.2 Å². The molecule has 0 aliphatic carbocycles. The van der Waals surface area contributed by atoms with Crippen LogP contribution in [0.2, 0.25) is 0 Å². The first kappa shape index (κ1) is 18.4. The van der Waals surface area contributed by atoms with Crippen LogP contribution in [0.5, 0.6) is 11.8 Å². The molecule has 0 fully saturated rings. The predicted molar refractivity (Wildman–Crippen MR) is 107 cm³/mol. The molecule has 0 unspecified atom stereocenters. The molecule has 0 atom stereocenters. The Morgan fingerprint density at radius 1 is 1.07 bits per heavy atom. The van der Waals surface area contributed by atoms with Crippen molar-refractivity contribution >= 4 is 17.0 Å². The molecule has 0 saturated carbocycles. The van der Waals surface area contributed by atoms with E-state index in [1.54, 1.807) is 42.8 Å². The van der Waals surface area contributed by atoms with Crippen molar-refractivity contribution in [2.24, 2.45) is 0 Å². The van der Waals surface area contributed by atoms with Gasteiger partial charge in [0, 0.05) is 0 Å². The maximum Gasteiger partial charge on any atom is 0.338 e. The molecule has 0 saturated heterocycles. The van der Waals surface area contributed by atoms with Crippen molar-refractivity contribution in [2.75, 3.05) is 0 Å². The van der Waals surface area contributed by atoms with Crippen LogP contribution in [0.4, 0.5) is 0 Å². The molecule has 8 nitrogen and oxygen atoms in total. The van der Waals surface area contributed by atoms with Crippen molar-refractivity contribution in [2.45, 2.75) is 20.0 Å². The zero-order valence-corrected chi connectivity index (χ0v) is 15.8. The van der Waals surface area contributed by atoms with E-state index in [1.165, 1.54) is 6.20 Å². The van der Waals surface area contributed by atoms with E-state index >= 15 is 0 Å². The predicted octanol–water partition coefficient (Wildman–Crippen LogP) is 3.47. The fourth-order valence-corrected chi connectivity index (χ4v) is 2.76. The molecule has 8 heteroatoms. The summed E-state index contributed by atoms with van der Waals surface area (Å²) in [5, 5.41) is 4.61. The molecule has 0 amide bonds. The number of carbonyl (C=O) groups excluding carboxylic acids is 1. The summed E-state index contributed by atoms with van der Waals surface area (Å²) in [4.78, 5) is 31.3. The first-order valence-electron chi connectivity index (χ1n) is 9.03. The van der Waals surface area contributed by atoms with E-state index in [0.29, 0.717) is 22.3 Å². The zero-order chi connectivity index (χ0) is 20.4. The minimum atomic E-state index is -0.411. The number of aromatic nitrogens is 4. The number of carbonyl (C=O) groups is 1. The Balaban J connectivity index is 1.63. The van der Waals surface area contributed by atoms with Gasteiger partial charge in [-0.3, -0.25) is 9.78 Å². The Morgan fingerprint density at radius 2 is 1.79 bits per heavy atom. The van der Waals surface area contributed by atoms with E-state index in [-0.39, 0.29) is 17.7 Å². The number of hydrogen-bond donors (Lipinski definition) is 1. The topological polar surface area (TPSA) is 99.1 Å². The van der Waals surface area contributed by atoms with Gasteiger partial charge >= 0.3 is 12.0 Å². The number of benzene rings is 2. The number of H-pyrrole nitrogens is 1. The summed E-state index contributed by atoms with van der Waals surface area (Å²) >= 11 is 0. The molecular formula is C21H18N4O4. The van der Waals surface area contributed by atoms with Crippen molar-refractivity contribution in [3.8, 4) is 17.4 Å². The minimum absolute atomic E-state index is 0.0256. The Bertz CT molecular complexity index is 1210. The summed E-state index contributed by atoms with van der Waals surface area (Å²) in [6.07, 6.45) is 1.27. The van der Waals surface area contributed by atoms with Gasteiger partial charge in [0.2, 0.25) is 0 Å². The number of esters is 1. The number of para-hydroxylation sites is 1. The number of aromatic amines is 1. The SMILES string of the molecule is CC(C)OC(=O)c1ccc(Oc2nc3c(cnn3-c3ccccc3)c(=O)[nH]2)cc1. The van der Waals surface area contributed by atoms with Gasteiger partial charge in [-0.2, -0.15) is 10.1 Å². The van der Waals surface area contributed by atoms with Crippen LogP contribution in [0, 0.1) is 0 Å². The zero-order valence-electron chi connectivity index (χ0n) is 15.8. The van der Waals surface area contributed by atoms with Crippen LogP contribution in [0.3, 0.4) is 0 Å². The first-order valence-corrected chi connectivity index (χ1v) is 9.03. The number of rotatable bonds is 5. The van der Waals surface area contributed by atoms with E-state index < -0.39 is 5.97 Å². The molecule has 4 aromatic rings. The quantitative estimate of drug-likeness (QED) is 0.524. The fraction of sp³-hybridized carbons (Fsp3) is 0.143. The van der Waals surface area contributed by atoms with Gasteiger partial charge in [-0.05, 0) is 50.2 Å². The van der Waals surface area contributed by atoms with E-state index in [2.05, 4.69) is 15.1 Å². The Labute approximate surface area is 165 Å². The lowest BCUT2D eigenvalue weighted by Gasteiger charge is -2.09. The van der Waals surface area contributed by atoms with Gasteiger partial charge in [0.15, 0.2) is 5.65 Å². The standard InChI is InChI=1S/C21H18N4O4/c1-13(2)28-20(27)14-8-10-16(11-9-14)29-21-23-18-17(19(26)24-21)12-22-25(18)15-6-4-3-5-7-15/h3-13H,1-2H3,(H,23,24,26). The minimum Gasteiger partial charge on any atom is -0.459 e. The molecule has 29 heavy (non-hydrogen) atoms. The molecule has 0 spiro atoms. The van der Waals surface area contributed by atoms with Crippen LogP contribution in [0.1, 0.15) is 24.2 Å². The molecule has 1 N–H and O–H groups in total. The van der Waals surface area contributed by atoms with Crippen LogP contribution in [-0.2, 0) is 4.74 Å². The smallest absolute Gasteiger partial charge is 0.338 e. The van der Waals surface area contributed by atoms with Gasteiger partial charge < -0.3 is 9.47 Å². The van der Waals surface area contributed by atoms with E-state index in [0.717, 1.165) is 5.69 Å². The van der Waals surface area contributed by atoms with Crippen LogP contribution in [0.15, 0.2) is 65.6 Å². The highest BCUT2D eigenvalue weighted by atomic mass is 16.5. The maximum absolute atomic E-state index is 12.4. The van der Waals surface area contributed by atoms with Crippen LogP contribution in [-0.4, -0.2) is 31.8 Å². The summed E-state index contributed by atoms with van der Waals surface area (Å²) in [7, 11) is 0. The third-order valence-electron chi connectivity index (χ3n) is 4.06. The second kappa shape index (κ2) is 7.59.